The first-order valence-corrected chi connectivity index (χ1v) is 4.05. The second-order valence-electron chi connectivity index (χ2n) is 2.95. The summed E-state index contributed by atoms with van der Waals surface area (Å²) in [5.41, 5.74) is 6.16. The van der Waals surface area contributed by atoms with Gasteiger partial charge >= 0.3 is 5.82 Å². The molecular formula is C8H7N5O2. The molecule has 0 aliphatic heterocycles. The van der Waals surface area contributed by atoms with E-state index >= 15 is 0 Å². The lowest BCUT2D eigenvalue weighted by molar-refractivity contribution is -0.387. The minimum Gasteiger partial charge on any atom is -0.384 e. The Morgan fingerprint density at radius 1 is 1.60 bits per heavy atom. The van der Waals surface area contributed by atoms with Crippen LogP contribution in [0.25, 0.3) is 5.52 Å². The van der Waals surface area contributed by atoms with Crippen LogP contribution in [0, 0.1) is 15.5 Å². The Bertz CT molecular complexity index is 559. The van der Waals surface area contributed by atoms with Gasteiger partial charge in [0.15, 0.2) is 0 Å². The third kappa shape index (κ3) is 1.39. The molecule has 3 N–H and O–H groups in total. The number of amidine groups is 1. The SMILES string of the molecule is N=C(N)c1ccc2c([N+](=O)[O-])ncn2c1. The Kier molecular flexibility index (Phi) is 1.86. The van der Waals surface area contributed by atoms with Gasteiger partial charge in [-0.3, -0.25) is 9.81 Å². The molecule has 2 heterocycles. The topological polar surface area (TPSA) is 110 Å². The maximum Gasteiger partial charge on any atom is 0.389 e. The van der Waals surface area contributed by atoms with Crippen LogP contribution in [-0.2, 0) is 0 Å². The summed E-state index contributed by atoms with van der Waals surface area (Å²) in [5, 5.41) is 17.8. The van der Waals surface area contributed by atoms with E-state index in [9.17, 15) is 10.1 Å². The van der Waals surface area contributed by atoms with Gasteiger partial charge in [0.2, 0.25) is 6.33 Å². The molecule has 0 aliphatic rings. The predicted molar refractivity (Wildman–Crippen MR) is 52.9 cm³/mol. The van der Waals surface area contributed by atoms with Gasteiger partial charge in [-0.25, -0.2) is 0 Å². The van der Waals surface area contributed by atoms with E-state index < -0.39 is 4.92 Å². The molecule has 0 bridgehead atoms. The summed E-state index contributed by atoms with van der Waals surface area (Å²) in [6.07, 6.45) is 2.84. The molecule has 2 aromatic rings. The third-order valence-corrected chi connectivity index (χ3v) is 1.99. The molecule has 7 heteroatoms. The molecular weight excluding hydrogens is 198 g/mol. The average molecular weight is 205 g/mol. The van der Waals surface area contributed by atoms with Crippen molar-refractivity contribution in [3.63, 3.8) is 0 Å². The fourth-order valence-electron chi connectivity index (χ4n) is 1.29. The van der Waals surface area contributed by atoms with Crippen molar-refractivity contribution in [3.8, 4) is 0 Å². The normalized spacial score (nSPS) is 10.4. The number of aromatic nitrogens is 2. The number of nitro groups is 1. The van der Waals surface area contributed by atoms with E-state index in [1.165, 1.54) is 23.0 Å². The van der Waals surface area contributed by atoms with Gasteiger partial charge in [-0.15, -0.1) is 0 Å². The highest BCUT2D eigenvalue weighted by Gasteiger charge is 2.15. The van der Waals surface area contributed by atoms with Gasteiger partial charge in [-0.05, 0) is 22.0 Å². The van der Waals surface area contributed by atoms with Crippen LogP contribution in [0.15, 0.2) is 24.7 Å². The quantitative estimate of drug-likeness (QED) is 0.322. The van der Waals surface area contributed by atoms with Crippen LogP contribution in [0.2, 0.25) is 0 Å². The summed E-state index contributed by atoms with van der Waals surface area (Å²) in [5.74, 6) is -0.293. The Morgan fingerprint density at radius 2 is 2.33 bits per heavy atom. The fourth-order valence-corrected chi connectivity index (χ4v) is 1.29. The predicted octanol–water partition coefficient (Wildman–Crippen LogP) is 0.527. The highest BCUT2D eigenvalue weighted by Crippen LogP contribution is 2.17. The number of nitrogens with two attached hydrogens (primary N) is 1. The van der Waals surface area contributed by atoms with Crippen LogP contribution >= 0.6 is 0 Å². The lowest BCUT2D eigenvalue weighted by atomic mass is 10.2. The van der Waals surface area contributed by atoms with E-state index in [-0.39, 0.29) is 11.7 Å². The third-order valence-electron chi connectivity index (χ3n) is 1.99. The first-order valence-electron chi connectivity index (χ1n) is 4.05. The fraction of sp³-hybridized carbons (Fsp3) is 0. The molecule has 0 atom stereocenters. The molecule has 0 aromatic carbocycles. The molecule has 0 saturated carbocycles. The molecule has 0 saturated heterocycles. The van der Waals surface area contributed by atoms with E-state index in [1.807, 2.05) is 0 Å². The van der Waals surface area contributed by atoms with Crippen LogP contribution in [0.3, 0.4) is 0 Å². The summed E-state index contributed by atoms with van der Waals surface area (Å²) < 4.78 is 1.47. The lowest BCUT2D eigenvalue weighted by Crippen LogP contribution is -2.11. The zero-order valence-electron chi connectivity index (χ0n) is 7.54. The van der Waals surface area contributed by atoms with Crippen LogP contribution < -0.4 is 5.73 Å². The molecule has 0 spiro atoms. The highest BCUT2D eigenvalue weighted by atomic mass is 16.6. The summed E-state index contributed by atoms with van der Waals surface area (Å²) >= 11 is 0. The first kappa shape index (κ1) is 9.13. The molecule has 76 valence electrons. The van der Waals surface area contributed by atoms with Crippen molar-refractivity contribution in [3.05, 3.63) is 40.3 Å². The van der Waals surface area contributed by atoms with Crippen LogP contribution in [-0.4, -0.2) is 20.1 Å². The van der Waals surface area contributed by atoms with E-state index in [2.05, 4.69) is 4.98 Å². The van der Waals surface area contributed by atoms with Crippen molar-refractivity contribution in [2.24, 2.45) is 5.73 Å². The number of nitrogens with zero attached hydrogens (tertiary/aromatic N) is 3. The highest BCUT2D eigenvalue weighted by molar-refractivity contribution is 5.95. The maximum absolute atomic E-state index is 10.6. The molecule has 7 nitrogen and oxygen atoms in total. The van der Waals surface area contributed by atoms with Crippen molar-refractivity contribution in [2.45, 2.75) is 0 Å². The Labute approximate surface area is 83.8 Å². The molecule has 0 aliphatic carbocycles. The minimum atomic E-state index is -0.553. The number of pyridine rings is 1. The zero-order chi connectivity index (χ0) is 11.0. The average Bonchev–Trinajstić information content (AvgIpc) is 2.59. The molecule has 2 aromatic heterocycles. The van der Waals surface area contributed by atoms with Gasteiger partial charge < -0.3 is 15.8 Å². The van der Waals surface area contributed by atoms with Crippen molar-refractivity contribution in [1.82, 2.24) is 9.38 Å². The van der Waals surface area contributed by atoms with E-state index in [1.54, 1.807) is 6.07 Å². The van der Waals surface area contributed by atoms with Crippen LogP contribution in [0.4, 0.5) is 5.82 Å². The van der Waals surface area contributed by atoms with Crippen molar-refractivity contribution in [1.29, 1.82) is 5.41 Å². The zero-order valence-corrected chi connectivity index (χ0v) is 7.54. The molecule has 2 rings (SSSR count). The Morgan fingerprint density at radius 3 is 2.93 bits per heavy atom. The number of nitrogen functional groups attached to an aromatic ring is 1. The standard InChI is InChI=1S/C8H7N5O2/c9-7(10)5-1-2-6-8(13(14)15)11-4-12(6)3-5/h1-4H,(H3,9,10). The van der Waals surface area contributed by atoms with Gasteiger partial charge in [-0.1, -0.05) is 0 Å². The number of rotatable bonds is 2. The van der Waals surface area contributed by atoms with Gasteiger partial charge in [0, 0.05) is 11.8 Å². The molecule has 15 heavy (non-hydrogen) atoms. The van der Waals surface area contributed by atoms with Crippen LogP contribution in [0.5, 0.6) is 0 Å². The largest absolute Gasteiger partial charge is 0.389 e. The monoisotopic (exact) mass is 205 g/mol. The van der Waals surface area contributed by atoms with Gasteiger partial charge in [0.25, 0.3) is 0 Å². The maximum atomic E-state index is 10.6. The molecule has 0 unspecified atom stereocenters. The number of hydrogen-bond acceptors (Lipinski definition) is 4. The van der Waals surface area contributed by atoms with Gasteiger partial charge in [0.1, 0.15) is 11.4 Å². The Balaban J connectivity index is 2.66. The van der Waals surface area contributed by atoms with Crippen molar-refractivity contribution >= 4 is 17.2 Å². The smallest absolute Gasteiger partial charge is 0.384 e. The second-order valence-corrected chi connectivity index (χ2v) is 2.95. The summed E-state index contributed by atoms with van der Waals surface area (Å²) in [6.45, 7) is 0. The van der Waals surface area contributed by atoms with Gasteiger partial charge in [-0.2, -0.15) is 0 Å². The van der Waals surface area contributed by atoms with E-state index in [0.29, 0.717) is 11.1 Å². The summed E-state index contributed by atoms with van der Waals surface area (Å²) in [7, 11) is 0. The number of hydrogen-bond donors (Lipinski definition) is 2. The Hall–Kier alpha value is -2.44. The summed E-state index contributed by atoms with van der Waals surface area (Å²) in [6, 6.07) is 3.06. The molecule has 0 radical (unpaired) electrons. The van der Waals surface area contributed by atoms with Crippen LogP contribution in [0.1, 0.15) is 5.56 Å². The number of nitrogens with one attached hydrogen (secondary N) is 1. The summed E-state index contributed by atoms with van der Waals surface area (Å²) in [4.78, 5) is 13.7. The second kappa shape index (κ2) is 3.05. The molecule has 0 fully saturated rings. The minimum absolute atomic E-state index is 0.0896. The first-order chi connectivity index (χ1) is 7.09. The number of fused-ring (bicyclic) bond motifs is 1. The van der Waals surface area contributed by atoms with Crippen molar-refractivity contribution < 1.29 is 4.92 Å². The molecule has 0 amide bonds. The van der Waals surface area contributed by atoms with Crippen molar-refractivity contribution in [2.75, 3.05) is 0 Å². The number of imidazole rings is 1. The lowest BCUT2D eigenvalue weighted by Gasteiger charge is -1.98. The van der Waals surface area contributed by atoms with E-state index in [4.69, 9.17) is 11.1 Å². The van der Waals surface area contributed by atoms with Gasteiger partial charge in [0.05, 0.1) is 0 Å². The van der Waals surface area contributed by atoms with E-state index in [0.717, 1.165) is 0 Å².